The highest BCUT2D eigenvalue weighted by Crippen LogP contribution is 2.40. The molecule has 94 valence electrons. The van der Waals surface area contributed by atoms with E-state index in [9.17, 15) is 5.11 Å². The van der Waals surface area contributed by atoms with Crippen molar-refractivity contribution in [3.63, 3.8) is 0 Å². The first-order chi connectivity index (χ1) is 7.49. The van der Waals surface area contributed by atoms with E-state index in [2.05, 4.69) is 18.7 Å². The number of aliphatic hydroxyl groups is 1. The van der Waals surface area contributed by atoms with Crippen molar-refractivity contribution in [1.82, 2.24) is 4.90 Å². The summed E-state index contributed by atoms with van der Waals surface area (Å²) in [6, 6.07) is 0.347. The molecule has 0 amide bonds. The van der Waals surface area contributed by atoms with E-state index < -0.39 is 0 Å². The second kappa shape index (κ2) is 4.63. The third kappa shape index (κ3) is 2.58. The van der Waals surface area contributed by atoms with E-state index in [1.807, 2.05) is 0 Å². The summed E-state index contributed by atoms with van der Waals surface area (Å²) < 4.78 is 0. The molecule has 2 rings (SSSR count). The predicted octanol–water partition coefficient (Wildman–Crippen LogP) is 1.21. The Morgan fingerprint density at radius 3 is 2.38 bits per heavy atom. The quantitative estimate of drug-likeness (QED) is 0.744. The fourth-order valence-corrected chi connectivity index (χ4v) is 3.18. The molecule has 16 heavy (non-hydrogen) atoms. The van der Waals surface area contributed by atoms with Crippen LogP contribution in [0.15, 0.2) is 0 Å². The van der Waals surface area contributed by atoms with Crippen molar-refractivity contribution in [3.05, 3.63) is 0 Å². The van der Waals surface area contributed by atoms with Crippen molar-refractivity contribution >= 4 is 0 Å². The first-order valence-corrected chi connectivity index (χ1v) is 6.65. The van der Waals surface area contributed by atoms with E-state index in [0.29, 0.717) is 17.4 Å². The zero-order valence-corrected chi connectivity index (χ0v) is 10.7. The zero-order valence-electron chi connectivity index (χ0n) is 10.7. The van der Waals surface area contributed by atoms with Gasteiger partial charge in [0.25, 0.3) is 0 Å². The minimum absolute atomic E-state index is 0.0649. The molecule has 3 nitrogen and oxygen atoms in total. The molecule has 1 heterocycles. The molecule has 0 bridgehead atoms. The van der Waals surface area contributed by atoms with Crippen LogP contribution in [0.4, 0.5) is 0 Å². The number of piperidine rings is 1. The van der Waals surface area contributed by atoms with Gasteiger partial charge in [-0.2, -0.15) is 0 Å². The Morgan fingerprint density at radius 1 is 1.25 bits per heavy atom. The minimum atomic E-state index is -0.0649. The summed E-state index contributed by atoms with van der Waals surface area (Å²) in [5.41, 5.74) is 6.64. The van der Waals surface area contributed by atoms with Gasteiger partial charge in [0.2, 0.25) is 0 Å². The molecule has 0 spiro atoms. The molecular weight excluding hydrogens is 200 g/mol. The molecule has 0 aromatic carbocycles. The summed E-state index contributed by atoms with van der Waals surface area (Å²) in [4.78, 5) is 2.48. The first kappa shape index (κ1) is 12.3. The van der Waals surface area contributed by atoms with Crippen molar-refractivity contribution in [2.75, 3.05) is 19.6 Å². The Bertz CT molecular complexity index is 234. The lowest BCUT2D eigenvalue weighted by molar-refractivity contribution is 0.0724. The number of hydrogen-bond acceptors (Lipinski definition) is 3. The summed E-state index contributed by atoms with van der Waals surface area (Å²) in [7, 11) is 0. The molecule has 2 unspecified atom stereocenters. The third-order valence-electron chi connectivity index (χ3n) is 4.62. The molecule has 3 N–H and O–H groups in total. The SMILES string of the molecule is CC1(C)CCC(CN2CCC(O)CC2)C1N. The van der Waals surface area contributed by atoms with Gasteiger partial charge in [-0.05, 0) is 37.0 Å². The van der Waals surface area contributed by atoms with E-state index >= 15 is 0 Å². The van der Waals surface area contributed by atoms with Crippen molar-refractivity contribution in [1.29, 1.82) is 0 Å². The Kier molecular flexibility index (Phi) is 3.57. The standard InChI is InChI=1S/C13H26N2O/c1-13(2)6-3-10(12(13)14)9-15-7-4-11(16)5-8-15/h10-12,16H,3-9,14H2,1-2H3. The number of nitrogens with zero attached hydrogens (tertiary/aromatic N) is 1. The second-order valence-electron chi connectivity index (χ2n) is 6.34. The predicted molar refractivity (Wildman–Crippen MR) is 66.2 cm³/mol. The summed E-state index contributed by atoms with van der Waals surface area (Å²) in [6.45, 7) is 7.81. The Balaban J connectivity index is 1.82. The van der Waals surface area contributed by atoms with Crippen LogP contribution in [-0.2, 0) is 0 Å². The second-order valence-corrected chi connectivity index (χ2v) is 6.34. The van der Waals surface area contributed by atoms with Gasteiger partial charge < -0.3 is 15.7 Å². The molecule has 0 aromatic heterocycles. The maximum absolute atomic E-state index is 9.47. The molecule has 0 radical (unpaired) electrons. The molecule has 3 heteroatoms. The van der Waals surface area contributed by atoms with E-state index in [1.54, 1.807) is 0 Å². The Morgan fingerprint density at radius 2 is 1.88 bits per heavy atom. The molecule has 2 aliphatic rings. The molecular formula is C13H26N2O. The monoisotopic (exact) mass is 226 g/mol. The van der Waals surface area contributed by atoms with Gasteiger partial charge in [0.1, 0.15) is 0 Å². The summed E-state index contributed by atoms with van der Waals surface area (Å²) in [6.07, 6.45) is 4.34. The third-order valence-corrected chi connectivity index (χ3v) is 4.62. The fraction of sp³-hybridized carbons (Fsp3) is 1.00. The molecule has 2 fully saturated rings. The van der Waals surface area contributed by atoms with E-state index in [1.165, 1.54) is 12.8 Å². The molecule has 1 saturated carbocycles. The molecule has 1 aliphatic carbocycles. The summed E-state index contributed by atoms with van der Waals surface area (Å²) in [5.74, 6) is 0.658. The van der Waals surface area contributed by atoms with Gasteiger partial charge >= 0.3 is 0 Å². The summed E-state index contributed by atoms with van der Waals surface area (Å²) >= 11 is 0. The number of nitrogens with two attached hydrogens (primary N) is 1. The van der Waals surface area contributed by atoms with Crippen LogP contribution in [-0.4, -0.2) is 41.8 Å². The topological polar surface area (TPSA) is 49.5 Å². The first-order valence-electron chi connectivity index (χ1n) is 6.65. The largest absolute Gasteiger partial charge is 0.393 e. The van der Waals surface area contributed by atoms with Crippen LogP contribution >= 0.6 is 0 Å². The molecule has 1 saturated heterocycles. The van der Waals surface area contributed by atoms with Gasteiger partial charge in [-0.25, -0.2) is 0 Å². The fourth-order valence-electron chi connectivity index (χ4n) is 3.18. The van der Waals surface area contributed by atoms with Gasteiger partial charge in [-0.3, -0.25) is 0 Å². The van der Waals surface area contributed by atoms with Crippen molar-refractivity contribution in [2.45, 2.75) is 51.7 Å². The van der Waals surface area contributed by atoms with Crippen LogP contribution in [0.2, 0.25) is 0 Å². The Hall–Kier alpha value is -0.120. The number of aliphatic hydroxyl groups excluding tert-OH is 1. The summed E-state index contributed by atoms with van der Waals surface area (Å²) in [5, 5.41) is 9.47. The van der Waals surface area contributed by atoms with Crippen LogP contribution in [0.5, 0.6) is 0 Å². The van der Waals surface area contributed by atoms with E-state index in [4.69, 9.17) is 5.73 Å². The highest BCUT2D eigenvalue weighted by Gasteiger charge is 2.40. The normalized spacial score (nSPS) is 36.8. The van der Waals surface area contributed by atoms with Gasteiger partial charge in [0.15, 0.2) is 0 Å². The average molecular weight is 226 g/mol. The number of hydrogen-bond donors (Lipinski definition) is 2. The van der Waals surface area contributed by atoms with Gasteiger partial charge in [0.05, 0.1) is 6.10 Å². The molecule has 0 aromatic rings. The lowest BCUT2D eigenvalue weighted by atomic mass is 9.85. The van der Waals surface area contributed by atoms with Crippen LogP contribution in [0.3, 0.4) is 0 Å². The highest BCUT2D eigenvalue weighted by molar-refractivity contribution is 4.95. The van der Waals surface area contributed by atoms with Gasteiger partial charge in [-0.15, -0.1) is 0 Å². The zero-order chi connectivity index (χ0) is 11.8. The van der Waals surface area contributed by atoms with Crippen LogP contribution in [0, 0.1) is 11.3 Å². The highest BCUT2D eigenvalue weighted by atomic mass is 16.3. The Labute approximate surface area is 99.0 Å². The maximum Gasteiger partial charge on any atom is 0.0564 e. The molecule has 1 aliphatic heterocycles. The van der Waals surface area contributed by atoms with Crippen LogP contribution in [0.1, 0.15) is 39.5 Å². The van der Waals surface area contributed by atoms with Gasteiger partial charge in [-0.1, -0.05) is 13.8 Å². The average Bonchev–Trinajstić information content (AvgIpc) is 2.49. The van der Waals surface area contributed by atoms with Crippen LogP contribution < -0.4 is 5.73 Å². The van der Waals surface area contributed by atoms with Gasteiger partial charge in [0, 0.05) is 25.7 Å². The number of rotatable bonds is 2. The van der Waals surface area contributed by atoms with Crippen molar-refractivity contribution < 1.29 is 5.11 Å². The minimum Gasteiger partial charge on any atom is -0.393 e. The van der Waals surface area contributed by atoms with Crippen LogP contribution in [0.25, 0.3) is 0 Å². The maximum atomic E-state index is 9.47. The lowest BCUT2D eigenvalue weighted by Gasteiger charge is -2.34. The lowest BCUT2D eigenvalue weighted by Crippen LogP contribution is -2.44. The molecule has 2 atom stereocenters. The van der Waals surface area contributed by atoms with E-state index in [-0.39, 0.29) is 6.10 Å². The number of likely N-dealkylation sites (tertiary alicyclic amines) is 1. The van der Waals surface area contributed by atoms with Crippen molar-refractivity contribution in [2.24, 2.45) is 17.1 Å². The smallest absolute Gasteiger partial charge is 0.0564 e. The van der Waals surface area contributed by atoms with E-state index in [0.717, 1.165) is 32.5 Å². The van der Waals surface area contributed by atoms with Crippen molar-refractivity contribution in [3.8, 4) is 0 Å².